The van der Waals surface area contributed by atoms with Crippen molar-refractivity contribution in [2.24, 2.45) is 0 Å². The minimum absolute atomic E-state index is 0.0334. The normalized spacial score (nSPS) is 10.7. The molecule has 0 aromatic heterocycles. The van der Waals surface area contributed by atoms with Crippen LogP contribution in [0, 0.1) is 13.7 Å². The quantitative estimate of drug-likeness (QED) is 0.264. The van der Waals surface area contributed by atoms with E-state index in [1.165, 1.54) is 18.2 Å². The number of nitro groups is 1. The summed E-state index contributed by atoms with van der Waals surface area (Å²) in [5.74, 6) is -0.0975. The molecule has 0 saturated carbocycles. The molecule has 0 aliphatic heterocycles. The largest absolute Gasteiger partial charge is 0.289 e. The van der Waals surface area contributed by atoms with Gasteiger partial charge in [0.1, 0.15) is 0 Å². The third-order valence-corrected chi connectivity index (χ3v) is 3.38. The molecule has 2 aromatic carbocycles. The smallest absolute Gasteiger partial charge is 0.269 e. The van der Waals surface area contributed by atoms with Crippen molar-refractivity contribution in [1.29, 1.82) is 0 Å². The lowest BCUT2D eigenvalue weighted by Gasteiger charge is -1.96. The number of benzene rings is 2. The van der Waals surface area contributed by atoms with Crippen molar-refractivity contribution in [3.8, 4) is 0 Å². The van der Waals surface area contributed by atoms with Crippen LogP contribution in [0.25, 0.3) is 6.08 Å². The zero-order chi connectivity index (χ0) is 14.5. The van der Waals surface area contributed by atoms with Crippen LogP contribution in [-0.2, 0) is 0 Å². The van der Waals surface area contributed by atoms with E-state index in [0.29, 0.717) is 5.56 Å². The van der Waals surface area contributed by atoms with Crippen LogP contribution >= 0.6 is 22.6 Å². The van der Waals surface area contributed by atoms with Crippen molar-refractivity contribution in [2.45, 2.75) is 0 Å². The summed E-state index contributed by atoms with van der Waals surface area (Å²) in [6.45, 7) is 0. The van der Waals surface area contributed by atoms with Gasteiger partial charge in [0.05, 0.1) is 4.92 Å². The van der Waals surface area contributed by atoms with E-state index in [1.807, 2.05) is 12.1 Å². The van der Waals surface area contributed by atoms with Gasteiger partial charge in [0.25, 0.3) is 5.69 Å². The van der Waals surface area contributed by atoms with Crippen LogP contribution in [0.4, 0.5) is 5.69 Å². The van der Waals surface area contributed by atoms with Crippen molar-refractivity contribution < 1.29 is 9.72 Å². The van der Waals surface area contributed by atoms with Gasteiger partial charge in [0.15, 0.2) is 5.78 Å². The van der Waals surface area contributed by atoms with E-state index in [-0.39, 0.29) is 11.5 Å². The Kier molecular flexibility index (Phi) is 4.62. The molecule has 0 radical (unpaired) electrons. The van der Waals surface area contributed by atoms with Crippen LogP contribution in [0.3, 0.4) is 0 Å². The van der Waals surface area contributed by atoms with Crippen molar-refractivity contribution >= 4 is 40.1 Å². The first-order valence-electron chi connectivity index (χ1n) is 5.79. The molecule has 20 heavy (non-hydrogen) atoms. The highest BCUT2D eigenvalue weighted by Gasteiger charge is 2.03. The van der Waals surface area contributed by atoms with Crippen molar-refractivity contribution in [3.05, 3.63) is 79.4 Å². The Labute approximate surface area is 129 Å². The van der Waals surface area contributed by atoms with Gasteiger partial charge in [-0.05, 0) is 58.5 Å². The minimum atomic E-state index is -0.454. The van der Waals surface area contributed by atoms with Gasteiger partial charge in [0.2, 0.25) is 0 Å². The van der Waals surface area contributed by atoms with E-state index < -0.39 is 4.92 Å². The molecule has 0 atom stereocenters. The molecule has 0 spiro atoms. The molecule has 0 bridgehead atoms. The molecule has 0 fully saturated rings. The van der Waals surface area contributed by atoms with E-state index in [1.54, 1.807) is 30.3 Å². The molecule has 0 amide bonds. The zero-order valence-electron chi connectivity index (χ0n) is 10.3. The van der Waals surface area contributed by atoms with E-state index in [0.717, 1.165) is 9.13 Å². The Bertz CT molecular complexity index is 661. The van der Waals surface area contributed by atoms with E-state index in [2.05, 4.69) is 22.6 Å². The summed E-state index contributed by atoms with van der Waals surface area (Å²) in [5.41, 5.74) is 1.39. The molecule has 0 heterocycles. The maximum atomic E-state index is 11.9. The van der Waals surface area contributed by atoms with Crippen molar-refractivity contribution in [1.82, 2.24) is 0 Å². The number of rotatable bonds is 4. The maximum Gasteiger partial charge on any atom is 0.269 e. The van der Waals surface area contributed by atoms with Crippen LogP contribution in [0.15, 0.2) is 54.6 Å². The summed E-state index contributed by atoms with van der Waals surface area (Å²) in [6, 6.07) is 13.3. The number of hydrogen-bond acceptors (Lipinski definition) is 3. The predicted molar refractivity (Wildman–Crippen MR) is 85.6 cm³/mol. The van der Waals surface area contributed by atoms with Gasteiger partial charge in [-0.25, -0.2) is 0 Å². The van der Waals surface area contributed by atoms with Gasteiger partial charge < -0.3 is 0 Å². The molecule has 100 valence electrons. The second-order valence-corrected chi connectivity index (χ2v) is 5.30. The SMILES string of the molecule is O=C(C=Cc1ccc([N+](=O)[O-])cc1)c1ccc(I)cc1. The van der Waals surface area contributed by atoms with Crippen molar-refractivity contribution in [2.75, 3.05) is 0 Å². The Balaban J connectivity index is 2.10. The summed E-state index contributed by atoms with van der Waals surface area (Å²) >= 11 is 2.17. The van der Waals surface area contributed by atoms with Crippen LogP contribution in [-0.4, -0.2) is 10.7 Å². The molecule has 0 aliphatic carbocycles. The lowest BCUT2D eigenvalue weighted by Crippen LogP contribution is -1.93. The van der Waals surface area contributed by atoms with Gasteiger partial charge in [0, 0.05) is 21.3 Å². The number of non-ortho nitro benzene ring substituents is 1. The van der Waals surface area contributed by atoms with Gasteiger partial charge in [-0.1, -0.05) is 18.2 Å². The molecule has 2 aromatic rings. The van der Waals surface area contributed by atoms with E-state index >= 15 is 0 Å². The Morgan fingerprint density at radius 3 is 2.20 bits per heavy atom. The molecule has 0 saturated heterocycles. The lowest BCUT2D eigenvalue weighted by atomic mass is 10.1. The monoisotopic (exact) mass is 379 g/mol. The highest BCUT2D eigenvalue weighted by Crippen LogP contribution is 2.13. The molecule has 0 aliphatic rings. The first-order chi connectivity index (χ1) is 9.56. The van der Waals surface area contributed by atoms with Crippen LogP contribution in [0.5, 0.6) is 0 Å². The Morgan fingerprint density at radius 2 is 1.65 bits per heavy atom. The third-order valence-electron chi connectivity index (χ3n) is 2.66. The first kappa shape index (κ1) is 14.4. The summed E-state index contributed by atoms with van der Waals surface area (Å²) in [4.78, 5) is 22.0. The second-order valence-electron chi connectivity index (χ2n) is 4.05. The number of allylic oxidation sites excluding steroid dienone is 1. The number of nitro benzene ring substituents is 1. The fourth-order valence-electron chi connectivity index (χ4n) is 1.59. The summed E-state index contributed by atoms with van der Waals surface area (Å²) < 4.78 is 1.07. The molecule has 4 nitrogen and oxygen atoms in total. The van der Waals surface area contributed by atoms with Crippen molar-refractivity contribution in [3.63, 3.8) is 0 Å². The van der Waals surface area contributed by atoms with Crippen LogP contribution in [0.2, 0.25) is 0 Å². The molecular weight excluding hydrogens is 369 g/mol. The number of carbonyl (C=O) groups is 1. The molecule has 5 heteroatoms. The Hall–Kier alpha value is -2.02. The highest BCUT2D eigenvalue weighted by molar-refractivity contribution is 14.1. The molecule has 0 unspecified atom stereocenters. The van der Waals surface area contributed by atoms with E-state index in [4.69, 9.17) is 0 Å². The van der Waals surface area contributed by atoms with E-state index in [9.17, 15) is 14.9 Å². The minimum Gasteiger partial charge on any atom is -0.289 e. The summed E-state index contributed by atoms with van der Waals surface area (Å²) in [5, 5.41) is 10.5. The second kappa shape index (κ2) is 6.42. The molecule has 0 N–H and O–H groups in total. The fourth-order valence-corrected chi connectivity index (χ4v) is 1.95. The summed E-state index contributed by atoms with van der Waals surface area (Å²) in [6.07, 6.45) is 3.10. The summed E-state index contributed by atoms with van der Waals surface area (Å²) in [7, 11) is 0. The van der Waals surface area contributed by atoms with Gasteiger partial charge in [-0.15, -0.1) is 0 Å². The molecular formula is C15H10INO3. The number of hydrogen-bond donors (Lipinski definition) is 0. The number of ketones is 1. The number of halogens is 1. The van der Waals surface area contributed by atoms with Gasteiger partial charge in [-0.3, -0.25) is 14.9 Å². The molecule has 2 rings (SSSR count). The topological polar surface area (TPSA) is 60.2 Å². The average molecular weight is 379 g/mol. The maximum absolute atomic E-state index is 11.9. The zero-order valence-corrected chi connectivity index (χ0v) is 12.5. The highest BCUT2D eigenvalue weighted by atomic mass is 127. The average Bonchev–Trinajstić information content (AvgIpc) is 2.46. The lowest BCUT2D eigenvalue weighted by molar-refractivity contribution is -0.384. The van der Waals surface area contributed by atoms with Crippen LogP contribution in [0.1, 0.15) is 15.9 Å². The predicted octanol–water partition coefficient (Wildman–Crippen LogP) is 4.10. The number of carbonyl (C=O) groups excluding carboxylic acids is 1. The standard InChI is InChI=1S/C15H10INO3/c16-13-6-4-12(5-7-13)15(18)10-3-11-1-8-14(9-2-11)17(19)20/h1-10H. The number of nitrogens with zero attached hydrogens (tertiary/aromatic N) is 1. The third kappa shape index (κ3) is 3.74. The van der Waals surface area contributed by atoms with Gasteiger partial charge in [-0.2, -0.15) is 0 Å². The van der Waals surface area contributed by atoms with Crippen LogP contribution < -0.4 is 0 Å². The van der Waals surface area contributed by atoms with Gasteiger partial charge >= 0.3 is 0 Å². The fraction of sp³-hybridized carbons (Fsp3) is 0. The first-order valence-corrected chi connectivity index (χ1v) is 6.86. The Morgan fingerprint density at radius 1 is 1.05 bits per heavy atom.